The number of hydrogen-bond acceptors (Lipinski definition) is 6. The normalized spacial score (nSPS) is 24.4. The average molecular weight is 335 g/mol. The lowest BCUT2D eigenvalue weighted by Gasteiger charge is -2.42. The molecule has 2 atom stereocenters. The first kappa shape index (κ1) is 16.5. The lowest BCUT2D eigenvalue weighted by molar-refractivity contribution is -0.138. The van der Waals surface area contributed by atoms with Crippen LogP contribution in [0.5, 0.6) is 0 Å². The number of nitrogens with one attached hydrogen (secondary N) is 2. The second-order valence-electron chi connectivity index (χ2n) is 6.22. The molecule has 0 radical (unpaired) electrons. The molecule has 7 heteroatoms. The second kappa shape index (κ2) is 7.49. The van der Waals surface area contributed by atoms with E-state index >= 15 is 0 Å². The Morgan fingerprint density at radius 2 is 2.30 bits per heavy atom. The molecule has 0 aliphatic carbocycles. The largest absolute Gasteiger partial charge is 0.373 e. The number of aromatic nitrogens is 2. The van der Waals surface area contributed by atoms with Gasteiger partial charge in [0.1, 0.15) is 5.82 Å². The van der Waals surface area contributed by atoms with Gasteiger partial charge in [0, 0.05) is 50.4 Å². The van der Waals surface area contributed by atoms with E-state index in [1.807, 2.05) is 19.5 Å². The van der Waals surface area contributed by atoms with Crippen LogP contribution in [0.2, 0.25) is 0 Å². The molecule has 1 amide bonds. The van der Waals surface area contributed by atoms with Gasteiger partial charge in [-0.2, -0.15) is 0 Å². The highest BCUT2D eigenvalue weighted by Gasteiger charge is 2.33. The maximum Gasteiger partial charge on any atom is 0.222 e. The maximum atomic E-state index is 11.9. The third-order valence-electron chi connectivity index (χ3n) is 4.81. The number of anilines is 1. The van der Waals surface area contributed by atoms with E-state index in [9.17, 15) is 4.79 Å². The van der Waals surface area contributed by atoms with Crippen molar-refractivity contribution in [2.45, 2.75) is 55.9 Å². The summed E-state index contributed by atoms with van der Waals surface area (Å²) in [6.45, 7) is 1.65. The molecule has 2 saturated heterocycles. The number of fused-ring (bicyclic) bond motifs is 1. The van der Waals surface area contributed by atoms with Crippen LogP contribution in [-0.4, -0.2) is 52.7 Å². The van der Waals surface area contributed by atoms with Crippen molar-refractivity contribution < 1.29 is 4.79 Å². The standard InChI is InChI=1S/C16H25N5OS/c1-17-15-11(10-19-16(20-15)23-2)9-18-12-6-7-21-13(8-12)4-3-5-14(21)22/h10,12-13,18H,3-9H2,1-2H3,(H,17,19,20)/t12?,13-/m0/s1. The first-order valence-corrected chi connectivity index (χ1v) is 9.54. The lowest BCUT2D eigenvalue weighted by Crippen LogP contribution is -2.52. The van der Waals surface area contributed by atoms with E-state index < -0.39 is 0 Å². The summed E-state index contributed by atoms with van der Waals surface area (Å²) >= 11 is 1.55. The van der Waals surface area contributed by atoms with Crippen molar-refractivity contribution in [2.75, 3.05) is 25.2 Å². The van der Waals surface area contributed by atoms with Crippen LogP contribution in [0.25, 0.3) is 0 Å². The molecule has 126 valence electrons. The Bertz CT molecular complexity index is 567. The fourth-order valence-electron chi connectivity index (χ4n) is 3.56. The monoisotopic (exact) mass is 335 g/mol. The predicted molar refractivity (Wildman–Crippen MR) is 92.6 cm³/mol. The highest BCUT2D eigenvalue weighted by Crippen LogP contribution is 2.27. The number of rotatable bonds is 5. The zero-order valence-corrected chi connectivity index (χ0v) is 14.7. The first-order chi connectivity index (χ1) is 11.2. The summed E-state index contributed by atoms with van der Waals surface area (Å²) in [6, 6.07) is 0.897. The molecule has 2 fully saturated rings. The molecule has 1 aromatic heterocycles. The third-order valence-corrected chi connectivity index (χ3v) is 5.37. The minimum atomic E-state index is 0.346. The Morgan fingerprint density at radius 3 is 3.09 bits per heavy atom. The molecule has 6 nitrogen and oxygen atoms in total. The van der Waals surface area contributed by atoms with E-state index in [0.717, 1.165) is 61.7 Å². The number of hydrogen-bond donors (Lipinski definition) is 2. The Morgan fingerprint density at radius 1 is 1.43 bits per heavy atom. The molecule has 0 aromatic carbocycles. The lowest BCUT2D eigenvalue weighted by atomic mass is 9.90. The van der Waals surface area contributed by atoms with Crippen LogP contribution >= 0.6 is 11.8 Å². The molecule has 0 saturated carbocycles. The van der Waals surface area contributed by atoms with Crippen LogP contribution in [-0.2, 0) is 11.3 Å². The summed E-state index contributed by atoms with van der Waals surface area (Å²) in [5, 5.41) is 7.57. The Balaban J connectivity index is 1.58. The molecule has 2 aliphatic rings. The highest BCUT2D eigenvalue weighted by atomic mass is 32.2. The van der Waals surface area contributed by atoms with Gasteiger partial charge in [-0.05, 0) is 31.9 Å². The predicted octanol–water partition coefficient (Wildman–Crippen LogP) is 1.87. The Kier molecular flexibility index (Phi) is 5.38. The van der Waals surface area contributed by atoms with Gasteiger partial charge in [0.2, 0.25) is 5.91 Å². The van der Waals surface area contributed by atoms with E-state index in [2.05, 4.69) is 25.5 Å². The van der Waals surface area contributed by atoms with Crippen LogP contribution in [0, 0.1) is 0 Å². The van der Waals surface area contributed by atoms with Gasteiger partial charge in [0.25, 0.3) is 0 Å². The Hall–Kier alpha value is -1.34. The van der Waals surface area contributed by atoms with Gasteiger partial charge in [-0.25, -0.2) is 9.97 Å². The number of carbonyl (C=O) groups is 1. The van der Waals surface area contributed by atoms with Crippen molar-refractivity contribution in [2.24, 2.45) is 0 Å². The highest BCUT2D eigenvalue weighted by molar-refractivity contribution is 7.98. The van der Waals surface area contributed by atoms with Crippen LogP contribution in [0.4, 0.5) is 5.82 Å². The number of carbonyl (C=O) groups excluding carboxylic acids is 1. The van der Waals surface area contributed by atoms with Crippen molar-refractivity contribution in [3.05, 3.63) is 11.8 Å². The summed E-state index contributed by atoms with van der Waals surface area (Å²) in [5.74, 6) is 1.24. The van der Waals surface area contributed by atoms with Crippen molar-refractivity contribution in [3.63, 3.8) is 0 Å². The summed E-state index contributed by atoms with van der Waals surface area (Å²) in [7, 11) is 1.89. The van der Waals surface area contributed by atoms with Crippen LogP contribution < -0.4 is 10.6 Å². The number of amides is 1. The van der Waals surface area contributed by atoms with E-state index in [-0.39, 0.29) is 0 Å². The zero-order valence-electron chi connectivity index (χ0n) is 13.8. The van der Waals surface area contributed by atoms with Gasteiger partial charge in [0.05, 0.1) is 0 Å². The minimum Gasteiger partial charge on any atom is -0.373 e. The average Bonchev–Trinajstić information content (AvgIpc) is 2.60. The minimum absolute atomic E-state index is 0.346. The van der Waals surface area contributed by atoms with Crippen molar-refractivity contribution in [1.29, 1.82) is 0 Å². The smallest absolute Gasteiger partial charge is 0.222 e. The Labute approximate surface area is 141 Å². The molecular formula is C16H25N5OS. The van der Waals surface area contributed by atoms with Gasteiger partial charge in [0.15, 0.2) is 5.16 Å². The molecule has 0 bridgehead atoms. The SMILES string of the molecule is CNc1nc(SC)ncc1CNC1CCN2C(=O)CCC[C@H]2C1. The second-order valence-corrected chi connectivity index (χ2v) is 6.99. The summed E-state index contributed by atoms with van der Waals surface area (Å²) in [6.07, 6.45) is 8.89. The van der Waals surface area contributed by atoms with Gasteiger partial charge in [-0.1, -0.05) is 11.8 Å². The number of piperidine rings is 2. The van der Waals surface area contributed by atoms with Gasteiger partial charge < -0.3 is 15.5 Å². The van der Waals surface area contributed by atoms with Crippen LogP contribution in [0.1, 0.15) is 37.7 Å². The molecule has 23 heavy (non-hydrogen) atoms. The fraction of sp³-hybridized carbons (Fsp3) is 0.688. The van der Waals surface area contributed by atoms with Crippen molar-refractivity contribution in [3.8, 4) is 0 Å². The third kappa shape index (κ3) is 3.77. The molecule has 2 aliphatic heterocycles. The molecule has 3 heterocycles. The summed E-state index contributed by atoms with van der Waals surface area (Å²) in [5.41, 5.74) is 1.09. The summed E-state index contributed by atoms with van der Waals surface area (Å²) in [4.78, 5) is 22.9. The van der Waals surface area contributed by atoms with Crippen LogP contribution in [0.3, 0.4) is 0 Å². The molecule has 3 rings (SSSR count). The number of nitrogens with zero attached hydrogens (tertiary/aromatic N) is 3. The zero-order chi connectivity index (χ0) is 16.2. The van der Waals surface area contributed by atoms with Gasteiger partial charge in [-0.3, -0.25) is 4.79 Å². The molecule has 1 aromatic rings. The van der Waals surface area contributed by atoms with Crippen molar-refractivity contribution in [1.82, 2.24) is 20.2 Å². The summed E-state index contributed by atoms with van der Waals surface area (Å²) < 4.78 is 0. The van der Waals surface area contributed by atoms with Gasteiger partial charge in [-0.15, -0.1) is 0 Å². The molecule has 0 spiro atoms. The maximum absolute atomic E-state index is 11.9. The van der Waals surface area contributed by atoms with Crippen LogP contribution in [0.15, 0.2) is 11.4 Å². The first-order valence-electron chi connectivity index (χ1n) is 8.31. The van der Waals surface area contributed by atoms with Gasteiger partial charge >= 0.3 is 0 Å². The van der Waals surface area contributed by atoms with E-state index in [0.29, 0.717) is 18.0 Å². The molecule has 2 N–H and O–H groups in total. The van der Waals surface area contributed by atoms with Crippen molar-refractivity contribution >= 4 is 23.5 Å². The topological polar surface area (TPSA) is 70.2 Å². The van der Waals surface area contributed by atoms with E-state index in [1.165, 1.54) is 0 Å². The molecule has 1 unspecified atom stereocenters. The van der Waals surface area contributed by atoms with E-state index in [1.54, 1.807) is 11.8 Å². The molecular weight excluding hydrogens is 310 g/mol. The fourth-order valence-corrected chi connectivity index (χ4v) is 3.90. The quantitative estimate of drug-likeness (QED) is 0.632. The van der Waals surface area contributed by atoms with E-state index in [4.69, 9.17) is 0 Å². The number of thioether (sulfide) groups is 1.